The molecule has 5 heteroatoms. The van der Waals surface area contributed by atoms with Crippen molar-refractivity contribution < 1.29 is 0 Å². The summed E-state index contributed by atoms with van der Waals surface area (Å²) in [6.45, 7) is 4.98. The molecule has 90 valence electrons. The van der Waals surface area contributed by atoms with E-state index in [1.807, 2.05) is 24.5 Å². The van der Waals surface area contributed by atoms with Gasteiger partial charge in [-0.25, -0.2) is 9.67 Å². The van der Waals surface area contributed by atoms with E-state index in [1.165, 1.54) is 0 Å². The molecule has 0 fully saturated rings. The number of nitrogens with one attached hydrogen (secondary N) is 1. The Labute approximate surface area is 106 Å². The molecule has 2 aromatic heterocycles. The fourth-order valence-electron chi connectivity index (χ4n) is 1.45. The quantitative estimate of drug-likeness (QED) is 0.906. The molecule has 0 radical (unpaired) electrons. The molecule has 0 aliphatic carbocycles. The van der Waals surface area contributed by atoms with E-state index in [0.717, 1.165) is 12.1 Å². The molecule has 4 nitrogen and oxygen atoms in total. The van der Waals surface area contributed by atoms with Gasteiger partial charge in [-0.3, -0.25) is 0 Å². The van der Waals surface area contributed by atoms with Gasteiger partial charge in [-0.2, -0.15) is 5.10 Å². The van der Waals surface area contributed by atoms with Crippen LogP contribution in [-0.4, -0.2) is 20.8 Å². The second-order valence-corrected chi connectivity index (χ2v) is 4.54. The molecule has 0 aliphatic rings. The van der Waals surface area contributed by atoms with Crippen molar-refractivity contribution in [2.75, 3.05) is 0 Å². The van der Waals surface area contributed by atoms with Gasteiger partial charge in [0.05, 0.1) is 5.02 Å². The average molecular weight is 251 g/mol. The highest BCUT2D eigenvalue weighted by Crippen LogP contribution is 2.18. The molecule has 0 amide bonds. The van der Waals surface area contributed by atoms with Crippen LogP contribution in [0, 0.1) is 0 Å². The molecule has 0 bridgehead atoms. The zero-order valence-corrected chi connectivity index (χ0v) is 10.6. The minimum atomic E-state index is 0.444. The number of hydrogen-bond acceptors (Lipinski definition) is 3. The molecular weight excluding hydrogens is 236 g/mol. The Morgan fingerprint density at radius 2 is 2.29 bits per heavy atom. The highest BCUT2D eigenvalue weighted by molar-refractivity contribution is 6.32. The van der Waals surface area contributed by atoms with E-state index in [1.54, 1.807) is 10.9 Å². The minimum Gasteiger partial charge on any atom is -0.310 e. The van der Waals surface area contributed by atoms with Crippen LogP contribution in [0.4, 0.5) is 0 Å². The second-order valence-electron chi connectivity index (χ2n) is 4.14. The summed E-state index contributed by atoms with van der Waals surface area (Å²) in [5, 5.41) is 8.04. The van der Waals surface area contributed by atoms with Crippen LogP contribution in [0.25, 0.3) is 5.82 Å². The minimum absolute atomic E-state index is 0.444. The van der Waals surface area contributed by atoms with Crippen molar-refractivity contribution in [2.24, 2.45) is 0 Å². The number of nitrogens with zero attached hydrogens (tertiary/aromatic N) is 3. The van der Waals surface area contributed by atoms with Crippen LogP contribution in [0.1, 0.15) is 19.4 Å². The van der Waals surface area contributed by atoms with E-state index >= 15 is 0 Å². The summed E-state index contributed by atoms with van der Waals surface area (Å²) in [4.78, 5) is 4.33. The van der Waals surface area contributed by atoms with Gasteiger partial charge >= 0.3 is 0 Å². The van der Waals surface area contributed by atoms with Gasteiger partial charge < -0.3 is 5.32 Å². The molecular formula is C12H15ClN4. The summed E-state index contributed by atoms with van der Waals surface area (Å²) >= 11 is 6.19. The van der Waals surface area contributed by atoms with Gasteiger partial charge in [0.2, 0.25) is 0 Å². The van der Waals surface area contributed by atoms with Gasteiger partial charge in [0.25, 0.3) is 0 Å². The van der Waals surface area contributed by atoms with Gasteiger partial charge in [-0.05, 0) is 17.7 Å². The molecule has 0 spiro atoms. The van der Waals surface area contributed by atoms with Crippen molar-refractivity contribution in [2.45, 2.75) is 26.4 Å². The summed E-state index contributed by atoms with van der Waals surface area (Å²) in [6, 6.07) is 4.20. The van der Waals surface area contributed by atoms with Crippen LogP contribution < -0.4 is 5.32 Å². The number of aromatic nitrogens is 3. The number of rotatable bonds is 4. The molecule has 2 rings (SSSR count). The van der Waals surface area contributed by atoms with Crippen molar-refractivity contribution in [1.82, 2.24) is 20.1 Å². The maximum atomic E-state index is 6.19. The molecule has 17 heavy (non-hydrogen) atoms. The summed E-state index contributed by atoms with van der Waals surface area (Å²) < 4.78 is 1.65. The van der Waals surface area contributed by atoms with E-state index < -0.39 is 0 Å². The van der Waals surface area contributed by atoms with E-state index in [0.29, 0.717) is 16.9 Å². The van der Waals surface area contributed by atoms with E-state index in [9.17, 15) is 0 Å². The molecule has 2 heterocycles. The van der Waals surface area contributed by atoms with E-state index in [4.69, 9.17) is 11.6 Å². The molecule has 0 aliphatic heterocycles. The van der Waals surface area contributed by atoms with Crippen molar-refractivity contribution in [1.29, 1.82) is 0 Å². The SMILES string of the molecule is CC(C)NCc1cnc(-n2cccn2)c(Cl)c1. The number of pyridine rings is 1. The normalized spacial score (nSPS) is 11.1. The zero-order valence-electron chi connectivity index (χ0n) is 9.89. The van der Waals surface area contributed by atoms with Gasteiger partial charge in [-0.1, -0.05) is 25.4 Å². The Morgan fingerprint density at radius 1 is 1.47 bits per heavy atom. The lowest BCUT2D eigenvalue weighted by Gasteiger charge is -2.09. The molecule has 0 atom stereocenters. The van der Waals surface area contributed by atoms with Crippen LogP contribution in [-0.2, 0) is 6.54 Å². The van der Waals surface area contributed by atoms with Gasteiger partial charge in [0, 0.05) is 31.2 Å². The predicted molar refractivity (Wildman–Crippen MR) is 68.3 cm³/mol. The third-order valence-electron chi connectivity index (χ3n) is 2.31. The zero-order chi connectivity index (χ0) is 12.3. The Bertz CT molecular complexity index is 479. The van der Waals surface area contributed by atoms with Crippen molar-refractivity contribution in [3.63, 3.8) is 0 Å². The third-order valence-corrected chi connectivity index (χ3v) is 2.59. The van der Waals surface area contributed by atoms with Crippen LogP contribution in [0.2, 0.25) is 5.02 Å². The van der Waals surface area contributed by atoms with E-state index in [-0.39, 0.29) is 0 Å². The van der Waals surface area contributed by atoms with Gasteiger partial charge in [0.1, 0.15) is 0 Å². The summed E-state index contributed by atoms with van der Waals surface area (Å²) in [5.41, 5.74) is 1.07. The van der Waals surface area contributed by atoms with Crippen LogP contribution >= 0.6 is 11.6 Å². The lowest BCUT2D eigenvalue weighted by atomic mass is 10.2. The maximum absolute atomic E-state index is 6.19. The number of halogens is 1. The molecule has 2 aromatic rings. The standard InChI is InChI=1S/C12H15ClN4/c1-9(2)14-7-10-6-11(13)12(15-8-10)17-5-3-4-16-17/h3-6,8-9,14H,7H2,1-2H3. The fraction of sp³-hybridized carbons (Fsp3) is 0.333. The largest absolute Gasteiger partial charge is 0.310 e. The lowest BCUT2D eigenvalue weighted by molar-refractivity contribution is 0.587. The van der Waals surface area contributed by atoms with Gasteiger partial charge in [-0.15, -0.1) is 0 Å². The highest BCUT2D eigenvalue weighted by Gasteiger charge is 2.06. The molecule has 0 aromatic carbocycles. The van der Waals surface area contributed by atoms with Crippen molar-refractivity contribution in [3.05, 3.63) is 41.3 Å². The van der Waals surface area contributed by atoms with E-state index in [2.05, 4.69) is 29.2 Å². The fourth-order valence-corrected chi connectivity index (χ4v) is 1.73. The predicted octanol–water partition coefficient (Wildman–Crippen LogP) is 2.42. The Morgan fingerprint density at radius 3 is 2.88 bits per heavy atom. The first kappa shape index (κ1) is 12.1. The monoisotopic (exact) mass is 250 g/mol. The first-order chi connectivity index (χ1) is 8.16. The summed E-state index contributed by atoms with van der Waals surface area (Å²) in [6.07, 6.45) is 5.34. The molecule has 1 N–H and O–H groups in total. The molecule has 0 saturated heterocycles. The van der Waals surface area contributed by atoms with Crippen LogP contribution in [0.15, 0.2) is 30.7 Å². The van der Waals surface area contributed by atoms with Crippen molar-refractivity contribution >= 4 is 11.6 Å². The topological polar surface area (TPSA) is 42.7 Å². The van der Waals surface area contributed by atoms with Crippen molar-refractivity contribution in [3.8, 4) is 5.82 Å². The number of hydrogen-bond donors (Lipinski definition) is 1. The van der Waals surface area contributed by atoms with Crippen LogP contribution in [0.3, 0.4) is 0 Å². The Kier molecular flexibility index (Phi) is 3.76. The van der Waals surface area contributed by atoms with Crippen LogP contribution in [0.5, 0.6) is 0 Å². The second kappa shape index (κ2) is 5.29. The Hall–Kier alpha value is -1.39. The third kappa shape index (κ3) is 3.05. The maximum Gasteiger partial charge on any atom is 0.172 e. The molecule has 0 saturated carbocycles. The van der Waals surface area contributed by atoms with Gasteiger partial charge in [0.15, 0.2) is 5.82 Å². The Balaban J connectivity index is 2.17. The first-order valence-electron chi connectivity index (χ1n) is 5.54. The average Bonchev–Trinajstić information content (AvgIpc) is 2.79. The highest BCUT2D eigenvalue weighted by atomic mass is 35.5. The summed E-state index contributed by atoms with van der Waals surface area (Å²) in [7, 11) is 0. The smallest absolute Gasteiger partial charge is 0.172 e. The summed E-state index contributed by atoms with van der Waals surface area (Å²) in [5.74, 6) is 0.657. The lowest BCUT2D eigenvalue weighted by Crippen LogP contribution is -2.22. The first-order valence-corrected chi connectivity index (χ1v) is 5.92. The molecule has 0 unspecified atom stereocenters.